The zero-order chi connectivity index (χ0) is 19.2. The number of benzene rings is 1. The summed E-state index contributed by atoms with van der Waals surface area (Å²) in [6, 6.07) is 4.13. The Labute approximate surface area is 157 Å². The largest absolute Gasteiger partial charge is 0.508 e. The van der Waals surface area contributed by atoms with Gasteiger partial charge in [-0.25, -0.2) is 0 Å². The number of allylic oxidation sites excluding steroid dienone is 2. The van der Waals surface area contributed by atoms with Crippen LogP contribution in [0.2, 0.25) is 0 Å². The predicted molar refractivity (Wildman–Crippen MR) is 109 cm³/mol. The number of thioether (sulfide) groups is 1. The number of aliphatic hydroxyl groups excluding tert-OH is 1. The lowest BCUT2D eigenvalue weighted by atomic mass is 9.80. The van der Waals surface area contributed by atoms with Crippen LogP contribution in [-0.2, 0) is 5.41 Å². The van der Waals surface area contributed by atoms with Crippen molar-refractivity contribution >= 4 is 11.8 Å². The van der Waals surface area contributed by atoms with Gasteiger partial charge in [-0.2, -0.15) is 0 Å². The smallest absolute Gasteiger partial charge is 0.132 e. The number of rotatable bonds is 2. The van der Waals surface area contributed by atoms with E-state index in [4.69, 9.17) is 0 Å². The molecular formula is C22H32O2S. The lowest BCUT2D eigenvalue weighted by Crippen LogP contribution is -2.25. The third kappa shape index (κ3) is 4.44. The van der Waals surface area contributed by atoms with Crippen molar-refractivity contribution in [3.05, 3.63) is 46.7 Å². The normalized spacial score (nSPS) is 21.8. The first kappa shape index (κ1) is 20.0. The van der Waals surface area contributed by atoms with Crippen molar-refractivity contribution in [2.75, 3.05) is 0 Å². The van der Waals surface area contributed by atoms with E-state index in [1.54, 1.807) is 11.8 Å². The molecule has 2 rings (SSSR count). The highest BCUT2D eigenvalue weighted by atomic mass is 32.2. The number of hydrogen-bond donors (Lipinski definition) is 2. The summed E-state index contributed by atoms with van der Waals surface area (Å²) in [6.07, 6.45) is 4.82. The van der Waals surface area contributed by atoms with Gasteiger partial charge < -0.3 is 10.2 Å². The third-order valence-corrected chi connectivity index (χ3v) is 5.89. The molecule has 0 radical (unpaired) electrons. The molecule has 1 aromatic carbocycles. The van der Waals surface area contributed by atoms with Crippen LogP contribution in [0.5, 0.6) is 5.75 Å². The minimum Gasteiger partial charge on any atom is -0.508 e. The molecule has 0 bridgehead atoms. The Morgan fingerprint density at radius 3 is 2.12 bits per heavy atom. The maximum atomic E-state index is 10.9. The predicted octanol–water partition coefficient (Wildman–Crippen LogP) is 6.67. The second-order valence-corrected chi connectivity index (χ2v) is 11.0. The van der Waals surface area contributed by atoms with Crippen molar-refractivity contribution in [1.29, 1.82) is 0 Å². The summed E-state index contributed by atoms with van der Waals surface area (Å²) < 4.78 is -0.199. The van der Waals surface area contributed by atoms with Gasteiger partial charge in [0, 0.05) is 10.3 Å². The van der Waals surface area contributed by atoms with Crippen LogP contribution in [0, 0.1) is 12.3 Å². The van der Waals surface area contributed by atoms with Gasteiger partial charge in [-0.1, -0.05) is 53.7 Å². The van der Waals surface area contributed by atoms with E-state index < -0.39 is 0 Å². The highest BCUT2D eigenvalue weighted by Crippen LogP contribution is 2.48. The lowest BCUT2D eigenvalue weighted by molar-refractivity contribution is 0.368. The molecule has 2 nitrogen and oxygen atoms in total. The fraction of sp³-hybridized carbons (Fsp3) is 0.545. The Morgan fingerprint density at radius 2 is 1.60 bits per heavy atom. The highest BCUT2D eigenvalue weighted by Gasteiger charge is 2.33. The lowest BCUT2D eigenvalue weighted by Gasteiger charge is -2.34. The van der Waals surface area contributed by atoms with Crippen molar-refractivity contribution in [2.45, 2.75) is 76.9 Å². The van der Waals surface area contributed by atoms with E-state index in [0.29, 0.717) is 11.5 Å². The summed E-state index contributed by atoms with van der Waals surface area (Å²) >= 11 is 1.68. The number of aromatic hydroxyl groups is 1. The molecule has 0 fully saturated rings. The Balaban J connectivity index is 2.46. The molecule has 0 spiro atoms. The van der Waals surface area contributed by atoms with Gasteiger partial charge in [-0.05, 0) is 54.4 Å². The Kier molecular flexibility index (Phi) is 5.13. The standard InChI is InChI=1S/C22H32O2S/c1-14-11-15(20(2,3)4)19(24)18(12-14)25-22(8)10-9-17(23)16(13-22)21(5,6)7/h9,11-13,23-24H,10H2,1-8H3. The fourth-order valence-electron chi connectivity index (χ4n) is 3.17. The van der Waals surface area contributed by atoms with Gasteiger partial charge in [0.2, 0.25) is 0 Å². The number of aliphatic hydroxyl groups is 1. The molecule has 0 amide bonds. The molecule has 2 N–H and O–H groups in total. The van der Waals surface area contributed by atoms with E-state index in [2.05, 4.69) is 73.6 Å². The molecule has 25 heavy (non-hydrogen) atoms. The zero-order valence-corrected chi connectivity index (χ0v) is 17.6. The molecule has 0 aliphatic heterocycles. The summed E-state index contributed by atoms with van der Waals surface area (Å²) in [7, 11) is 0. The maximum Gasteiger partial charge on any atom is 0.132 e. The minimum atomic E-state index is -0.199. The summed E-state index contributed by atoms with van der Waals surface area (Å²) in [4.78, 5) is 0.909. The molecule has 1 aromatic rings. The molecule has 1 aliphatic rings. The molecule has 0 heterocycles. The molecule has 3 heteroatoms. The van der Waals surface area contributed by atoms with Crippen LogP contribution in [0.25, 0.3) is 0 Å². The van der Waals surface area contributed by atoms with Gasteiger partial charge in [0.25, 0.3) is 0 Å². The monoisotopic (exact) mass is 360 g/mol. The zero-order valence-electron chi connectivity index (χ0n) is 16.8. The first-order valence-corrected chi connectivity index (χ1v) is 9.70. The average Bonchev–Trinajstić information content (AvgIpc) is 2.43. The summed E-state index contributed by atoms with van der Waals surface area (Å²) in [6.45, 7) is 16.9. The van der Waals surface area contributed by atoms with Crippen molar-refractivity contribution in [1.82, 2.24) is 0 Å². The van der Waals surface area contributed by atoms with E-state index in [0.717, 1.165) is 28.0 Å². The molecule has 1 unspecified atom stereocenters. The van der Waals surface area contributed by atoms with E-state index in [9.17, 15) is 10.2 Å². The summed E-state index contributed by atoms with van der Waals surface area (Å²) in [5, 5.41) is 21.2. The van der Waals surface area contributed by atoms with E-state index >= 15 is 0 Å². The van der Waals surface area contributed by atoms with Crippen LogP contribution in [0.1, 0.15) is 66.0 Å². The number of phenolic OH excluding ortho intramolecular Hbond substituents is 1. The first-order valence-electron chi connectivity index (χ1n) is 8.89. The van der Waals surface area contributed by atoms with Gasteiger partial charge >= 0.3 is 0 Å². The van der Waals surface area contributed by atoms with Crippen LogP contribution < -0.4 is 0 Å². The maximum absolute atomic E-state index is 10.9. The molecule has 1 atom stereocenters. The van der Waals surface area contributed by atoms with Gasteiger partial charge in [-0.15, -0.1) is 11.8 Å². The van der Waals surface area contributed by atoms with E-state index in [-0.39, 0.29) is 15.6 Å². The van der Waals surface area contributed by atoms with Gasteiger partial charge in [0.15, 0.2) is 0 Å². The van der Waals surface area contributed by atoms with Gasteiger partial charge in [0.05, 0.1) is 4.90 Å². The van der Waals surface area contributed by atoms with Gasteiger partial charge in [-0.3, -0.25) is 0 Å². The van der Waals surface area contributed by atoms with E-state index in [1.807, 2.05) is 6.08 Å². The highest BCUT2D eigenvalue weighted by molar-refractivity contribution is 8.01. The molecule has 0 saturated heterocycles. The summed E-state index contributed by atoms with van der Waals surface area (Å²) in [5.41, 5.74) is 2.88. The molecule has 1 aliphatic carbocycles. The molecule has 0 saturated carbocycles. The SMILES string of the molecule is Cc1cc(SC2(C)C=C(C(C)(C)C)C(O)=CC2)c(O)c(C(C)(C)C)c1. The Hall–Kier alpha value is -1.35. The van der Waals surface area contributed by atoms with Crippen molar-refractivity contribution in [2.24, 2.45) is 5.41 Å². The minimum absolute atomic E-state index is 0.108. The van der Waals surface area contributed by atoms with Crippen LogP contribution in [-0.4, -0.2) is 15.0 Å². The summed E-state index contributed by atoms with van der Waals surface area (Å²) in [5.74, 6) is 0.767. The number of aryl methyl sites for hydroxylation is 1. The number of phenols is 1. The molecule has 0 aromatic heterocycles. The quantitative estimate of drug-likeness (QED) is 0.619. The second-order valence-electron chi connectivity index (χ2n) is 9.43. The van der Waals surface area contributed by atoms with Crippen molar-refractivity contribution < 1.29 is 10.2 Å². The molecule has 138 valence electrons. The van der Waals surface area contributed by atoms with Crippen LogP contribution >= 0.6 is 11.8 Å². The average molecular weight is 361 g/mol. The van der Waals surface area contributed by atoms with Crippen molar-refractivity contribution in [3.63, 3.8) is 0 Å². The Morgan fingerprint density at radius 1 is 1.00 bits per heavy atom. The van der Waals surface area contributed by atoms with Crippen LogP contribution in [0.3, 0.4) is 0 Å². The van der Waals surface area contributed by atoms with Crippen LogP contribution in [0.15, 0.2) is 40.5 Å². The fourth-order valence-corrected chi connectivity index (χ4v) is 4.46. The van der Waals surface area contributed by atoms with E-state index in [1.165, 1.54) is 0 Å². The Bertz CT molecular complexity index is 730. The third-order valence-electron chi connectivity index (χ3n) is 4.60. The topological polar surface area (TPSA) is 40.5 Å². The number of hydrogen-bond acceptors (Lipinski definition) is 3. The molecular weight excluding hydrogens is 328 g/mol. The first-order chi connectivity index (χ1) is 11.2. The van der Waals surface area contributed by atoms with Gasteiger partial charge in [0.1, 0.15) is 11.5 Å². The van der Waals surface area contributed by atoms with Crippen LogP contribution in [0.4, 0.5) is 0 Å². The second kappa shape index (κ2) is 6.42. The van der Waals surface area contributed by atoms with Crippen molar-refractivity contribution in [3.8, 4) is 5.75 Å².